The number of carboxylic acids is 1. The minimum Gasteiger partial charge on any atom is -0.622 e. The molecule has 1 aromatic rings. The molecule has 1 atom stereocenters. The lowest BCUT2D eigenvalue weighted by molar-refractivity contribution is -0.132. The van der Waals surface area contributed by atoms with E-state index in [0.717, 1.165) is 0 Å². The van der Waals surface area contributed by atoms with Crippen molar-refractivity contribution in [2.24, 2.45) is 0 Å². The van der Waals surface area contributed by atoms with Crippen molar-refractivity contribution in [3.05, 3.63) is 59.5 Å². The van der Waals surface area contributed by atoms with Gasteiger partial charge in [0.05, 0.1) is 0 Å². The van der Waals surface area contributed by atoms with Gasteiger partial charge in [0.25, 0.3) is 0 Å². The summed E-state index contributed by atoms with van der Waals surface area (Å²) in [5.74, 6) is -1.08. The zero-order chi connectivity index (χ0) is 11.6. The molecule has 4 nitrogen and oxygen atoms in total. The summed E-state index contributed by atoms with van der Waals surface area (Å²) in [5.41, 5.74) is 0.565. The Hall–Kier alpha value is -1.91. The third kappa shape index (κ3) is 1.88. The molecule has 1 aliphatic rings. The molecular weight excluding hydrogens is 206 g/mol. The lowest BCUT2D eigenvalue weighted by atomic mass is 10.2. The first kappa shape index (κ1) is 10.6. The second-order valence-corrected chi connectivity index (χ2v) is 3.61. The van der Waals surface area contributed by atoms with Crippen LogP contribution in [0.15, 0.2) is 54.3 Å². The van der Waals surface area contributed by atoms with Crippen LogP contribution in [0, 0.1) is 5.21 Å². The maximum Gasteiger partial charge on any atom is 0.341 e. The molecule has 82 valence electrons. The van der Waals surface area contributed by atoms with Crippen LogP contribution in [0.2, 0.25) is 0 Å². The molecule has 4 heteroatoms. The molecule has 0 aliphatic carbocycles. The molecule has 16 heavy (non-hydrogen) atoms. The molecule has 0 saturated carbocycles. The van der Waals surface area contributed by atoms with E-state index in [9.17, 15) is 10.0 Å². The molecule has 0 unspecified atom stereocenters. The van der Waals surface area contributed by atoms with Crippen LogP contribution in [0.25, 0.3) is 0 Å². The van der Waals surface area contributed by atoms with Gasteiger partial charge in [0.15, 0.2) is 0 Å². The number of aliphatic carboxylic acids is 1. The molecule has 1 N–H and O–H groups in total. The number of nitrogens with zero attached hydrogens (tertiary/aromatic N) is 1. The minimum atomic E-state index is -1.08. The first-order valence-electron chi connectivity index (χ1n) is 4.89. The Labute approximate surface area is 92.9 Å². The van der Waals surface area contributed by atoms with Crippen LogP contribution >= 0.6 is 0 Å². The van der Waals surface area contributed by atoms with E-state index in [2.05, 4.69) is 0 Å². The predicted molar refractivity (Wildman–Crippen MR) is 61.3 cm³/mol. The Bertz CT molecular complexity index is 464. The number of rotatable bonds is 2. The monoisotopic (exact) mass is 217 g/mol. The first-order valence-corrected chi connectivity index (χ1v) is 4.89. The van der Waals surface area contributed by atoms with E-state index in [1.54, 1.807) is 30.3 Å². The van der Waals surface area contributed by atoms with Crippen molar-refractivity contribution in [3.63, 3.8) is 0 Å². The zero-order valence-electron chi connectivity index (χ0n) is 8.54. The van der Waals surface area contributed by atoms with Gasteiger partial charge in [-0.25, -0.2) is 4.79 Å². The van der Waals surface area contributed by atoms with Crippen molar-refractivity contribution in [1.82, 2.24) is 4.65 Å². The topological polar surface area (TPSA) is 60.4 Å². The molecule has 0 amide bonds. The van der Waals surface area contributed by atoms with E-state index in [1.165, 1.54) is 12.3 Å². The number of hydrogen-bond donors (Lipinski definition) is 1. The largest absolute Gasteiger partial charge is 0.622 e. The van der Waals surface area contributed by atoms with Gasteiger partial charge in [-0.3, -0.25) is 4.65 Å². The molecule has 0 bridgehead atoms. The number of hydroxylamine groups is 2. The summed E-state index contributed by atoms with van der Waals surface area (Å²) < 4.78 is -0.751. The SMILES string of the molecule is O=C(O)C1=C[N@+]([O-])(c2ccccc2)CC=C1. The van der Waals surface area contributed by atoms with Crippen molar-refractivity contribution in [1.29, 1.82) is 0 Å². The van der Waals surface area contributed by atoms with Gasteiger partial charge in [0.2, 0.25) is 0 Å². The molecular formula is C12H11NO3. The van der Waals surface area contributed by atoms with Crippen LogP contribution in [-0.4, -0.2) is 17.6 Å². The molecule has 0 radical (unpaired) electrons. The second kappa shape index (κ2) is 3.92. The number of benzene rings is 1. The number of hydrogen-bond acceptors (Lipinski definition) is 2. The van der Waals surface area contributed by atoms with Crippen LogP contribution in [0.3, 0.4) is 0 Å². The normalized spacial score (nSPS) is 23.9. The fourth-order valence-corrected chi connectivity index (χ4v) is 1.64. The quantitative estimate of drug-likeness (QED) is 0.609. The smallest absolute Gasteiger partial charge is 0.341 e. The van der Waals surface area contributed by atoms with Crippen molar-refractivity contribution < 1.29 is 9.90 Å². The third-order valence-electron chi connectivity index (χ3n) is 2.46. The number of carbonyl (C=O) groups is 1. The molecule has 0 aromatic heterocycles. The Morgan fingerprint density at radius 2 is 2.00 bits per heavy atom. The van der Waals surface area contributed by atoms with Gasteiger partial charge in [-0.15, -0.1) is 0 Å². The van der Waals surface area contributed by atoms with E-state index in [-0.39, 0.29) is 12.1 Å². The average molecular weight is 217 g/mol. The summed E-state index contributed by atoms with van der Waals surface area (Å²) in [6.45, 7) is 0.223. The van der Waals surface area contributed by atoms with Crippen molar-refractivity contribution in [3.8, 4) is 0 Å². The van der Waals surface area contributed by atoms with Gasteiger partial charge in [-0.2, -0.15) is 0 Å². The van der Waals surface area contributed by atoms with Crippen molar-refractivity contribution >= 4 is 11.7 Å². The summed E-state index contributed by atoms with van der Waals surface area (Å²) in [7, 11) is 0. The highest BCUT2D eigenvalue weighted by atomic mass is 16.5. The lowest BCUT2D eigenvalue weighted by Crippen LogP contribution is -2.39. The Morgan fingerprint density at radius 3 is 2.62 bits per heavy atom. The molecule has 0 fully saturated rings. The summed E-state index contributed by atoms with van der Waals surface area (Å²) in [4.78, 5) is 10.8. The second-order valence-electron chi connectivity index (χ2n) is 3.61. The molecule has 1 heterocycles. The molecule has 0 spiro atoms. The average Bonchev–Trinajstić information content (AvgIpc) is 2.30. The third-order valence-corrected chi connectivity index (χ3v) is 2.46. The molecule has 2 rings (SSSR count). The van der Waals surface area contributed by atoms with Gasteiger partial charge in [0.1, 0.15) is 24.0 Å². The lowest BCUT2D eigenvalue weighted by Gasteiger charge is -2.39. The minimum absolute atomic E-state index is 0.0325. The summed E-state index contributed by atoms with van der Waals surface area (Å²) in [6, 6.07) is 8.74. The maximum atomic E-state index is 12.4. The van der Waals surface area contributed by atoms with Crippen molar-refractivity contribution in [2.75, 3.05) is 6.54 Å². The van der Waals surface area contributed by atoms with Crippen LogP contribution in [0.1, 0.15) is 0 Å². The highest BCUT2D eigenvalue weighted by Gasteiger charge is 2.22. The standard InChI is InChI=1S/C12H11NO3/c14-12(15)10-5-4-8-13(16,9-10)11-6-2-1-3-7-11/h1-7,9H,8H2,(H,14,15)/t13-/m0/s1. The summed E-state index contributed by atoms with van der Waals surface area (Å²) in [6.07, 6.45) is 4.26. The van der Waals surface area contributed by atoms with E-state index in [0.29, 0.717) is 5.69 Å². The van der Waals surface area contributed by atoms with Crippen LogP contribution in [-0.2, 0) is 4.79 Å². The fourth-order valence-electron chi connectivity index (χ4n) is 1.64. The van der Waals surface area contributed by atoms with Crippen molar-refractivity contribution in [2.45, 2.75) is 0 Å². The van der Waals surface area contributed by atoms with E-state index in [4.69, 9.17) is 5.11 Å². The number of carboxylic acid groups (broad SMARTS) is 1. The zero-order valence-corrected chi connectivity index (χ0v) is 8.54. The summed E-state index contributed by atoms with van der Waals surface area (Å²) >= 11 is 0. The first-order chi connectivity index (χ1) is 7.62. The number of para-hydroxylation sites is 1. The van der Waals surface area contributed by atoms with E-state index >= 15 is 0 Å². The van der Waals surface area contributed by atoms with Crippen LogP contribution in [0.5, 0.6) is 0 Å². The summed E-state index contributed by atoms with van der Waals surface area (Å²) in [5, 5.41) is 21.2. The van der Waals surface area contributed by atoms with Gasteiger partial charge >= 0.3 is 5.97 Å². The van der Waals surface area contributed by atoms with Crippen LogP contribution in [0.4, 0.5) is 5.69 Å². The number of quaternary nitrogens is 1. The molecule has 1 aliphatic heterocycles. The van der Waals surface area contributed by atoms with Gasteiger partial charge in [-0.1, -0.05) is 18.2 Å². The van der Waals surface area contributed by atoms with E-state index < -0.39 is 10.6 Å². The Morgan fingerprint density at radius 1 is 1.31 bits per heavy atom. The fraction of sp³-hybridized carbons (Fsp3) is 0.0833. The highest BCUT2D eigenvalue weighted by molar-refractivity contribution is 5.90. The van der Waals surface area contributed by atoms with Gasteiger partial charge < -0.3 is 10.3 Å². The van der Waals surface area contributed by atoms with Gasteiger partial charge in [-0.05, 0) is 24.3 Å². The maximum absolute atomic E-state index is 12.4. The molecule has 0 saturated heterocycles. The predicted octanol–water partition coefficient (Wildman–Crippen LogP) is 2.03. The highest BCUT2D eigenvalue weighted by Crippen LogP contribution is 2.26. The van der Waals surface area contributed by atoms with E-state index in [1.807, 2.05) is 6.07 Å². The van der Waals surface area contributed by atoms with Gasteiger partial charge in [0, 0.05) is 0 Å². The Kier molecular flexibility index (Phi) is 2.60. The molecule has 1 aromatic carbocycles. The Balaban J connectivity index is 2.41. The van der Waals surface area contributed by atoms with Crippen LogP contribution < -0.4 is 4.65 Å².